The Labute approximate surface area is 84.7 Å². The summed E-state index contributed by atoms with van der Waals surface area (Å²) in [6.07, 6.45) is 1.87. The van der Waals surface area contributed by atoms with E-state index in [-0.39, 0.29) is 11.0 Å². The summed E-state index contributed by atoms with van der Waals surface area (Å²) in [4.78, 5) is 11.5. The summed E-state index contributed by atoms with van der Waals surface area (Å²) in [5, 5.41) is 8.85. The molecule has 3 heteroatoms. The van der Waals surface area contributed by atoms with Crippen LogP contribution in [-0.2, 0) is 4.79 Å². The molecule has 0 radical (unpaired) electrons. The number of nitriles is 1. The second-order valence-corrected chi connectivity index (χ2v) is 4.26. The van der Waals surface area contributed by atoms with E-state index < -0.39 is 5.92 Å². The normalized spacial score (nSPS) is 14.6. The minimum atomic E-state index is -0.415. The van der Waals surface area contributed by atoms with Crippen LogP contribution in [0.15, 0.2) is 0 Å². The van der Waals surface area contributed by atoms with Gasteiger partial charge in [0.1, 0.15) is 5.92 Å². The first-order valence-corrected chi connectivity index (χ1v) is 5.72. The second kappa shape index (κ2) is 6.97. The van der Waals surface area contributed by atoms with Crippen molar-refractivity contribution in [2.45, 2.75) is 33.6 Å². The zero-order valence-electron chi connectivity index (χ0n) is 8.54. The number of carbonyl (C=O) groups excluding carboxylic acids is 1. The lowest BCUT2D eigenvalue weighted by atomic mass is 9.94. The first kappa shape index (κ1) is 12.5. The van der Waals surface area contributed by atoms with Gasteiger partial charge in [-0.3, -0.25) is 4.79 Å². The molecule has 0 heterocycles. The minimum absolute atomic E-state index is 0.0405. The average Bonchev–Trinajstić information content (AvgIpc) is 2.15. The third kappa shape index (κ3) is 4.33. The fourth-order valence-corrected chi connectivity index (χ4v) is 1.81. The van der Waals surface area contributed by atoms with Gasteiger partial charge in [0, 0.05) is 5.75 Å². The van der Waals surface area contributed by atoms with Gasteiger partial charge >= 0.3 is 0 Å². The van der Waals surface area contributed by atoms with Gasteiger partial charge in [0.25, 0.3) is 0 Å². The molecule has 13 heavy (non-hydrogen) atoms. The van der Waals surface area contributed by atoms with Crippen LogP contribution in [0.3, 0.4) is 0 Å². The van der Waals surface area contributed by atoms with Crippen molar-refractivity contribution in [2.75, 3.05) is 5.75 Å². The Morgan fingerprint density at radius 2 is 2.15 bits per heavy atom. The molecule has 0 aromatic rings. The zero-order valence-corrected chi connectivity index (χ0v) is 9.36. The van der Waals surface area contributed by atoms with Gasteiger partial charge in [-0.2, -0.15) is 5.26 Å². The van der Waals surface area contributed by atoms with Crippen molar-refractivity contribution in [1.29, 1.82) is 5.26 Å². The van der Waals surface area contributed by atoms with E-state index in [4.69, 9.17) is 5.26 Å². The summed E-state index contributed by atoms with van der Waals surface area (Å²) in [5.41, 5.74) is 0. The third-order valence-electron chi connectivity index (χ3n) is 2.05. The highest BCUT2D eigenvalue weighted by molar-refractivity contribution is 8.13. The molecule has 0 bridgehead atoms. The topological polar surface area (TPSA) is 40.9 Å². The van der Waals surface area contributed by atoms with Crippen molar-refractivity contribution < 1.29 is 4.79 Å². The molecule has 0 aromatic carbocycles. The van der Waals surface area contributed by atoms with E-state index in [2.05, 4.69) is 6.07 Å². The highest BCUT2D eigenvalue weighted by Crippen LogP contribution is 2.21. The predicted molar refractivity (Wildman–Crippen MR) is 56.3 cm³/mol. The molecule has 0 spiro atoms. The summed E-state index contributed by atoms with van der Waals surface area (Å²) in [6, 6.07) is 2.09. The first-order valence-electron chi connectivity index (χ1n) is 4.73. The molecule has 0 saturated heterocycles. The van der Waals surface area contributed by atoms with Gasteiger partial charge in [0.2, 0.25) is 5.12 Å². The van der Waals surface area contributed by atoms with Crippen molar-refractivity contribution in [2.24, 2.45) is 11.8 Å². The summed E-state index contributed by atoms with van der Waals surface area (Å²) in [7, 11) is 0. The van der Waals surface area contributed by atoms with E-state index in [0.29, 0.717) is 0 Å². The Morgan fingerprint density at radius 1 is 1.54 bits per heavy atom. The lowest BCUT2D eigenvalue weighted by Crippen LogP contribution is -2.17. The SMILES string of the molecule is CCCSC(=O)C(C#N)C(C)CC. The number of carbonyl (C=O) groups is 1. The molecule has 2 atom stereocenters. The number of hydrogen-bond donors (Lipinski definition) is 0. The average molecular weight is 199 g/mol. The number of thioether (sulfide) groups is 1. The van der Waals surface area contributed by atoms with Crippen molar-refractivity contribution in [3.05, 3.63) is 0 Å². The molecule has 0 aromatic heterocycles. The Kier molecular flexibility index (Phi) is 6.70. The van der Waals surface area contributed by atoms with Crippen LogP contribution >= 0.6 is 11.8 Å². The van der Waals surface area contributed by atoms with Crippen LogP contribution in [0.25, 0.3) is 0 Å². The van der Waals surface area contributed by atoms with Crippen LogP contribution in [-0.4, -0.2) is 10.9 Å². The number of hydrogen-bond acceptors (Lipinski definition) is 3. The van der Waals surface area contributed by atoms with Gasteiger partial charge in [-0.1, -0.05) is 39.0 Å². The Balaban J connectivity index is 4.09. The molecular weight excluding hydrogens is 182 g/mol. The Hall–Kier alpha value is -0.490. The summed E-state index contributed by atoms with van der Waals surface area (Å²) in [6.45, 7) is 6.00. The van der Waals surface area contributed by atoms with Gasteiger partial charge < -0.3 is 0 Å². The smallest absolute Gasteiger partial charge is 0.206 e. The van der Waals surface area contributed by atoms with Crippen LogP contribution < -0.4 is 0 Å². The van der Waals surface area contributed by atoms with Gasteiger partial charge in [-0.05, 0) is 12.3 Å². The fourth-order valence-electron chi connectivity index (χ4n) is 0.940. The van der Waals surface area contributed by atoms with E-state index >= 15 is 0 Å². The van der Waals surface area contributed by atoms with Gasteiger partial charge in [0.05, 0.1) is 6.07 Å². The van der Waals surface area contributed by atoms with Crippen LogP contribution in [0.1, 0.15) is 33.6 Å². The van der Waals surface area contributed by atoms with Crippen molar-refractivity contribution in [1.82, 2.24) is 0 Å². The summed E-state index contributed by atoms with van der Waals surface area (Å²) < 4.78 is 0. The molecule has 0 aliphatic rings. The lowest BCUT2D eigenvalue weighted by molar-refractivity contribution is -0.114. The molecule has 0 N–H and O–H groups in total. The second-order valence-electron chi connectivity index (χ2n) is 3.16. The first-order chi connectivity index (χ1) is 6.17. The lowest BCUT2D eigenvalue weighted by Gasteiger charge is -2.13. The summed E-state index contributed by atoms with van der Waals surface area (Å²) in [5.74, 6) is 0.594. The summed E-state index contributed by atoms with van der Waals surface area (Å²) >= 11 is 1.29. The molecule has 0 amide bonds. The maximum Gasteiger partial charge on any atom is 0.206 e. The fraction of sp³-hybridized carbons (Fsp3) is 0.800. The molecule has 74 valence electrons. The molecule has 0 rings (SSSR count). The Bertz CT molecular complexity index is 198. The molecule has 0 saturated carbocycles. The van der Waals surface area contributed by atoms with Gasteiger partial charge in [-0.25, -0.2) is 0 Å². The molecule has 0 aliphatic heterocycles. The largest absolute Gasteiger partial charge is 0.286 e. The van der Waals surface area contributed by atoms with Crippen molar-refractivity contribution in [3.8, 4) is 6.07 Å². The molecule has 2 unspecified atom stereocenters. The highest BCUT2D eigenvalue weighted by Gasteiger charge is 2.23. The van der Waals surface area contributed by atoms with E-state index in [9.17, 15) is 4.79 Å². The van der Waals surface area contributed by atoms with Crippen LogP contribution in [0.5, 0.6) is 0 Å². The van der Waals surface area contributed by atoms with Crippen LogP contribution in [0.4, 0.5) is 0 Å². The van der Waals surface area contributed by atoms with Crippen LogP contribution in [0.2, 0.25) is 0 Å². The van der Waals surface area contributed by atoms with E-state index in [1.54, 1.807) is 0 Å². The van der Waals surface area contributed by atoms with Crippen molar-refractivity contribution >= 4 is 16.9 Å². The highest BCUT2D eigenvalue weighted by atomic mass is 32.2. The molecule has 0 aliphatic carbocycles. The standard InChI is InChI=1S/C10H17NOS/c1-4-6-13-10(12)9(7-11)8(3)5-2/h8-9H,4-6H2,1-3H3. The molecule has 0 fully saturated rings. The molecular formula is C10H17NOS. The molecule has 2 nitrogen and oxygen atoms in total. The van der Waals surface area contributed by atoms with Gasteiger partial charge in [-0.15, -0.1) is 0 Å². The number of rotatable bonds is 5. The minimum Gasteiger partial charge on any atom is -0.286 e. The maximum atomic E-state index is 11.5. The van der Waals surface area contributed by atoms with Crippen LogP contribution in [0, 0.1) is 23.2 Å². The monoisotopic (exact) mass is 199 g/mol. The van der Waals surface area contributed by atoms with Gasteiger partial charge in [0.15, 0.2) is 0 Å². The number of nitrogens with zero attached hydrogens (tertiary/aromatic N) is 1. The van der Waals surface area contributed by atoms with E-state index in [1.165, 1.54) is 11.8 Å². The third-order valence-corrected chi connectivity index (χ3v) is 3.21. The van der Waals surface area contributed by atoms with E-state index in [0.717, 1.165) is 18.6 Å². The quantitative estimate of drug-likeness (QED) is 0.683. The van der Waals surface area contributed by atoms with E-state index in [1.807, 2.05) is 20.8 Å². The Morgan fingerprint density at radius 3 is 2.54 bits per heavy atom. The van der Waals surface area contributed by atoms with Crippen molar-refractivity contribution in [3.63, 3.8) is 0 Å². The maximum absolute atomic E-state index is 11.5. The zero-order chi connectivity index (χ0) is 10.3. The predicted octanol–water partition coefficient (Wildman–Crippen LogP) is 2.84.